The molecular formula is C23H29Cl2N3O4S. The number of rotatable bonds is 10. The first-order valence-corrected chi connectivity index (χ1v) is 13.1. The number of nitrogens with one attached hydrogen (secondary N) is 1. The van der Waals surface area contributed by atoms with E-state index in [1.54, 1.807) is 6.92 Å². The van der Waals surface area contributed by atoms with E-state index in [4.69, 9.17) is 23.2 Å². The largest absolute Gasteiger partial charge is 0.354 e. The smallest absolute Gasteiger partial charge is 0.244 e. The van der Waals surface area contributed by atoms with Crippen molar-refractivity contribution < 1.29 is 18.0 Å². The van der Waals surface area contributed by atoms with Crippen LogP contribution in [0.4, 0.5) is 5.69 Å². The minimum Gasteiger partial charge on any atom is -0.354 e. The first kappa shape index (κ1) is 27.0. The van der Waals surface area contributed by atoms with E-state index >= 15 is 0 Å². The first-order valence-electron chi connectivity index (χ1n) is 10.5. The Morgan fingerprint density at radius 1 is 1.12 bits per heavy atom. The van der Waals surface area contributed by atoms with E-state index in [0.29, 0.717) is 6.54 Å². The highest BCUT2D eigenvalue weighted by Gasteiger charge is 2.31. The number of anilines is 1. The monoisotopic (exact) mass is 513 g/mol. The molecule has 2 rings (SSSR count). The Labute approximate surface area is 205 Å². The summed E-state index contributed by atoms with van der Waals surface area (Å²) in [6.45, 7) is 5.55. The molecule has 1 unspecified atom stereocenters. The van der Waals surface area contributed by atoms with Crippen molar-refractivity contribution in [1.29, 1.82) is 0 Å². The van der Waals surface area contributed by atoms with Crippen molar-refractivity contribution in [2.75, 3.05) is 23.7 Å². The second kappa shape index (κ2) is 11.7. The third-order valence-corrected chi connectivity index (χ3v) is 6.86. The van der Waals surface area contributed by atoms with Gasteiger partial charge in [-0.05, 0) is 49.6 Å². The fraction of sp³-hybridized carbons (Fsp3) is 0.391. The van der Waals surface area contributed by atoms with Gasteiger partial charge in [0.1, 0.15) is 12.6 Å². The Morgan fingerprint density at radius 3 is 2.39 bits per heavy atom. The number of carbonyl (C=O) groups is 2. The summed E-state index contributed by atoms with van der Waals surface area (Å²) in [5.41, 5.74) is 1.90. The van der Waals surface area contributed by atoms with Crippen molar-refractivity contribution in [1.82, 2.24) is 10.2 Å². The van der Waals surface area contributed by atoms with Crippen molar-refractivity contribution in [3.8, 4) is 0 Å². The predicted octanol–water partition coefficient (Wildman–Crippen LogP) is 4.01. The number of sulfonamides is 1. The molecular weight excluding hydrogens is 485 g/mol. The van der Waals surface area contributed by atoms with Crippen LogP contribution in [0.2, 0.25) is 10.0 Å². The fourth-order valence-corrected chi connectivity index (χ4v) is 4.51. The maximum absolute atomic E-state index is 13.5. The zero-order chi connectivity index (χ0) is 24.8. The third-order valence-electron chi connectivity index (χ3n) is 5.17. The Balaban J connectivity index is 2.43. The summed E-state index contributed by atoms with van der Waals surface area (Å²) >= 11 is 12.3. The molecule has 33 heavy (non-hydrogen) atoms. The van der Waals surface area contributed by atoms with E-state index in [1.807, 2.05) is 38.1 Å². The molecule has 0 saturated heterocycles. The summed E-state index contributed by atoms with van der Waals surface area (Å²) in [7, 11) is -3.88. The molecule has 2 aromatic carbocycles. The molecule has 0 fully saturated rings. The zero-order valence-corrected chi connectivity index (χ0v) is 21.5. The molecule has 180 valence electrons. The Bertz CT molecular complexity index is 1110. The van der Waals surface area contributed by atoms with Crippen LogP contribution in [0.3, 0.4) is 0 Å². The zero-order valence-electron chi connectivity index (χ0n) is 19.1. The normalized spacial score (nSPS) is 12.2. The number of amides is 2. The van der Waals surface area contributed by atoms with Crippen LogP contribution < -0.4 is 9.62 Å². The van der Waals surface area contributed by atoms with Crippen LogP contribution in [0.25, 0.3) is 0 Å². The molecule has 2 aromatic rings. The number of hydrogen-bond donors (Lipinski definition) is 1. The fourth-order valence-electron chi connectivity index (χ4n) is 3.22. The quantitative estimate of drug-likeness (QED) is 0.519. The van der Waals surface area contributed by atoms with Gasteiger partial charge in [0, 0.05) is 18.1 Å². The number of nitrogens with zero attached hydrogens (tertiary/aromatic N) is 2. The van der Waals surface area contributed by atoms with E-state index in [1.165, 1.54) is 23.1 Å². The molecule has 1 atom stereocenters. The second-order valence-corrected chi connectivity index (χ2v) is 10.5. The topological polar surface area (TPSA) is 86.8 Å². The van der Waals surface area contributed by atoms with Gasteiger partial charge in [-0.1, -0.05) is 54.4 Å². The molecule has 0 saturated carbocycles. The molecule has 0 aliphatic carbocycles. The van der Waals surface area contributed by atoms with Gasteiger partial charge in [0.25, 0.3) is 0 Å². The standard InChI is InChI=1S/C23H29Cl2N3O4S/c1-5-12-26-23(30)17(3)27(14-18-9-7-6-8-16(18)2)22(29)15-28(33(4,31)32)21-13-19(24)10-11-20(21)25/h6-11,13,17H,5,12,14-15H2,1-4H3,(H,26,30). The van der Waals surface area contributed by atoms with Gasteiger partial charge < -0.3 is 10.2 Å². The lowest BCUT2D eigenvalue weighted by molar-refractivity contribution is -0.139. The molecule has 2 amide bonds. The van der Waals surface area contributed by atoms with E-state index in [9.17, 15) is 18.0 Å². The molecule has 0 heterocycles. The summed E-state index contributed by atoms with van der Waals surface area (Å²) in [5.74, 6) is -0.857. The number of carbonyl (C=O) groups excluding carboxylic acids is 2. The number of aryl methyl sites for hydroxylation is 1. The van der Waals surface area contributed by atoms with Crippen LogP contribution in [-0.2, 0) is 26.2 Å². The van der Waals surface area contributed by atoms with E-state index < -0.39 is 28.5 Å². The van der Waals surface area contributed by atoms with Gasteiger partial charge in [-0.2, -0.15) is 0 Å². The highest BCUT2D eigenvalue weighted by molar-refractivity contribution is 7.92. The average molecular weight is 514 g/mol. The maximum atomic E-state index is 13.5. The molecule has 1 N–H and O–H groups in total. The highest BCUT2D eigenvalue weighted by Crippen LogP contribution is 2.31. The average Bonchev–Trinajstić information content (AvgIpc) is 2.75. The van der Waals surface area contributed by atoms with Gasteiger partial charge in [0.2, 0.25) is 21.8 Å². The SMILES string of the molecule is CCCNC(=O)C(C)N(Cc1ccccc1C)C(=O)CN(c1cc(Cl)ccc1Cl)S(C)(=O)=O. The minimum atomic E-state index is -3.88. The molecule has 0 spiro atoms. The molecule has 0 aromatic heterocycles. The summed E-state index contributed by atoms with van der Waals surface area (Å²) in [5, 5.41) is 3.21. The van der Waals surface area contributed by atoms with Crippen LogP contribution >= 0.6 is 23.2 Å². The van der Waals surface area contributed by atoms with Crippen LogP contribution in [0.15, 0.2) is 42.5 Å². The lowest BCUT2D eigenvalue weighted by atomic mass is 10.1. The number of hydrogen-bond acceptors (Lipinski definition) is 4. The van der Waals surface area contributed by atoms with Crippen LogP contribution in [-0.4, -0.2) is 50.5 Å². The van der Waals surface area contributed by atoms with Gasteiger partial charge in [-0.15, -0.1) is 0 Å². The van der Waals surface area contributed by atoms with E-state index in [2.05, 4.69) is 5.32 Å². The second-order valence-electron chi connectivity index (χ2n) is 7.78. The predicted molar refractivity (Wildman–Crippen MR) is 133 cm³/mol. The Morgan fingerprint density at radius 2 is 1.79 bits per heavy atom. The molecule has 0 aliphatic heterocycles. The van der Waals surface area contributed by atoms with Crippen molar-refractivity contribution in [2.24, 2.45) is 0 Å². The minimum absolute atomic E-state index is 0.0962. The van der Waals surface area contributed by atoms with Crippen molar-refractivity contribution in [3.05, 3.63) is 63.6 Å². The van der Waals surface area contributed by atoms with E-state index in [-0.39, 0.29) is 28.2 Å². The van der Waals surface area contributed by atoms with E-state index in [0.717, 1.165) is 28.1 Å². The van der Waals surface area contributed by atoms with Crippen molar-refractivity contribution in [2.45, 2.75) is 39.8 Å². The number of benzene rings is 2. The third kappa shape index (κ3) is 7.35. The summed E-state index contributed by atoms with van der Waals surface area (Å²) in [6, 6.07) is 11.1. The maximum Gasteiger partial charge on any atom is 0.244 e. The molecule has 10 heteroatoms. The summed E-state index contributed by atoms with van der Waals surface area (Å²) < 4.78 is 26.1. The van der Waals surface area contributed by atoms with Crippen molar-refractivity contribution in [3.63, 3.8) is 0 Å². The highest BCUT2D eigenvalue weighted by atomic mass is 35.5. The summed E-state index contributed by atoms with van der Waals surface area (Å²) in [4.78, 5) is 27.5. The lowest BCUT2D eigenvalue weighted by Gasteiger charge is -2.32. The van der Waals surface area contributed by atoms with Crippen molar-refractivity contribution >= 4 is 50.7 Å². The first-order chi connectivity index (χ1) is 15.5. The van der Waals surface area contributed by atoms with Crippen LogP contribution in [0.5, 0.6) is 0 Å². The number of halogens is 2. The molecule has 0 radical (unpaired) electrons. The van der Waals surface area contributed by atoms with Gasteiger partial charge in [0.05, 0.1) is 17.0 Å². The summed E-state index contributed by atoms with van der Waals surface area (Å²) in [6.07, 6.45) is 1.74. The Hall–Kier alpha value is -2.29. The lowest BCUT2D eigenvalue weighted by Crippen LogP contribution is -2.51. The van der Waals surface area contributed by atoms with Gasteiger partial charge in [0.15, 0.2) is 0 Å². The molecule has 0 bridgehead atoms. The van der Waals surface area contributed by atoms with Crippen LogP contribution in [0.1, 0.15) is 31.4 Å². The van der Waals surface area contributed by atoms with Crippen LogP contribution in [0, 0.1) is 6.92 Å². The Kier molecular flexibility index (Phi) is 9.57. The van der Waals surface area contributed by atoms with Gasteiger partial charge in [-0.3, -0.25) is 13.9 Å². The van der Waals surface area contributed by atoms with Gasteiger partial charge >= 0.3 is 0 Å². The molecule has 7 nitrogen and oxygen atoms in total. The van der Waals surface area contributed by atoms with Gasteiger partial charge in [-0.25, -0.2) is 8.42 Å². The molecule has 0 aliphatic rings.